The number of aliphatic carboxylic acids is 1. The summed E-state index contributed by atoms with van der Waals surface area (Å²) < 4.78 is 39.9. The number of carboxylic acids is 1. The van der Waals surface area contributed by atoms with E-state index in [0.717, 1.165) is 4.57 Å². The number of rotatable bonds is 4. The molecule has 0 amide bonds. The number of hydrogen-bond acceptors (Lipinski definition) is 4. The fourth-order valence-electron chi connectivity index (χ4n) is 1.40. The summed E-state index contributed by atoms with van der Waals surface area (Å²) in [5, 5.41) is 14.0. The molecule has 1 aromatic heterocycles. The number of thioether (sulfide) groups is 1. The molecule has 0 spiro atoms. The van der Waals surface area contributed by atoms with Crippen LogP contribution in [0.25, 0.3) is 5.69 Å². The molecule has 0 atom stereocenters. The Kier molecular flexibility index (Phi) is 3.84. The number of H-pyrrole nitrogens is 1. The third kappa shape index (κ3) is 2.69. The van der Waals surface area contributed by atoms with Crippen molar-refractivity contribution in [1.29, 1.82) is 0 Å². The molecule has 0 aliphatic rings. The Labute approximate surface area is 113 Å². The van der Waals surface area contributed by atoms with Gasteiger partial charge in [0, 0.05) is 12.1 Å². The lowest BCUT2D eigenvalue weighted by Crippen LogP contribution is -2.16. The quantitative estimate of drug-likeness (QED) is 0.653. The Morgan fingerprint density at radius 1 is 1.35 bits per heavy atom. The molecule has 2 aromatic rings. The first-order valence-electron chi connectivity index (χ1n) is 5.07. The summed E-state index contributed by atoms with van der Waals surface area (Å²) in [5.74, 6) is -6.17. The fourth-order valence-corrected chi connectivity index (χ4v) is 2.08. The highest BCUT2D eigenvalue weighted by atomic mass is 32.2. The summed E-state index contributed by atoms with van der Waals surface area (Å²) in [5.41, 5.74) is -1.13. The van der Waals surface area contributed by atoms with E-state index in [-0.39, 0.29) is 10.8 Å². The molecule has 106 valence electrons. The molecular formula is C10H6F3N3O3S. The SMILES string of the molecule is O=C(O)CSc1n[nH]c(=O)n1-c1cc(F)c(F)c(F)c1. The molecule has 0 fully saturated rings. The van der Waals surface area contributed by atoms with Crippen LogP contribution in [0.5, 0.6) is 0 Å². The van der Waals surface area contributed by atoms with Crippen molar-refractivity contribution in [3.05, 3.63) is 40.1 Å². The Hall–Kier alpha value is -2.23. The molecule has 0 aliphatic carbocycles. The number of nitrogens with zero attached hydrogens (tertiary/aromatic N) is 2. The maximum Gasteiger partial charge on any atom is 0.348 e. The Bertz CT molecular complexity index is 705. The third-order valence-corrected chi connectivity index (χ3v) is 3.12. The Morgan fingerprint density at radius 3 is 2.50 bits per heavy atom. The smallest absolute Gasteiger partial charge is 0.348 e. The normalized spacial score (nSPS) is 10.8. The van der Waals surface area contributed by atoms with Gasteiger partial charge in [0.15, 0.2) is 22.6 Å². The highest BCUT2D eigenvalue weighted by molar-refractivity contribution is 7.99. The van der Waals surface area contributed by atoms with Gasteiger partial charge in [0.2, 0.25) is 0 Å². The molecule has 0 unspecified atom stereocenters. The van der Waals surface area contributed by atoms with Crippen LogP contribution in [0.4, 0.5) is 13.2 Å². The van der Waals surface area contributed by atoms with Crippen LogP contribution in [0.1, 0.15) is 0 Å². The predicted octanol–water partition coefficient (Wildman–Crippen LogP) is 1.15. The van der Waals surface area contributed by atoms with Crippen molar-refractivity contribution in [2.45, 2.75) is 5.16 Å². The van der Waals surface area contributed by atoms with Crippen molar-refractivity contribution in [1.82, 2.24) is 14.8 Å². The van der Waals surface area contributed by atoms with Gasteiger partial charge in [0.1, 0.15) is 0 Å². The van der Waals surface area contributed by atoms with Crippen LogP contribution in [0.15, 0.2) is 22.1 Å². The van der Waals surface area contributed by atoms with E-state index in [4.69, 9.17) is 5.11 Å². The fraction of sp³-hybridized carbons (Fsp3) is 0.100. The van der Waals surface area contributed by atoms with Crippen molar-refractivity contribution in [3.8, 4) is 5.69 Å². The summed E-state index contributed by atoms with van der Waals surface area (Å²) in [6, 6.07) is 1.22. The lowest BCUT2D eigenvalue weighted by atomic mass is 10.3. The van der Waals surface area contributed by atoms with Crippen LogP contribution >= 0.6 is 11.8 Å². The number of nitrogens with one attached hydrogen (secondary N) is 1. The average molecular weight is 305 g/mol. The highest BCUT2D eigenvalue weighted by Gasteiger charge is 2.17. The van der Waals surface area contributed by atoms with E-state index in [2.05, 4.69) is 5.10 Å². The topological polar surface area (TPSA) is 88.0 Å². The summed E-state index contributed by atoms with van der Waals surface area (Å²) >= 11 is 0.669. The van der Waals surface area contributed by atoms with Gasteiger partial charge in [-0.05, 0) is 0 Å². The molecule has 0 saturated carbocycles. The number of aromatic nitrogens is 3. The molecule has 2 rings (SSSR count). The van der Waals surface area contributed by atoms with Crippen molar-refractivity contribution in [2.24, 2.45) is 0 Å². The molecule has 1 heterocycles. The van der Waals surface area contributed by atoms with Crippen molar-refractivity contribution in [2.75, 3.05) is 5.75 Å². The minimum Gasteiger partial charge on any atom is -0.481 e. The second-order valence-electron chi connectivity index (χ2n) is 3.55. The summed E-state index contributed by atoms with van der Waals surface area (Å²) in [6.45, 7) is 0. The van der Waals surface area contributed by atoms with Crippen LogP contribution in [0, 0.1) is 17.5 Å². The van der Waals surface area contributed by atoms with Crippen molar-refractivity contribution in [3.63, 3.8) is 0 Å². The highest BCUT2D eigenvalue weighted by Crippen LogP contribution is 2.20. The summed E-state index contributed by atoms with van der Waals surface area (Å²) in [4.78, 5) is 22.0. The standard InChI is InChI=1S/C10H6F3N3O3S/c11-5-1-4(2-6(12)8(5)13)16-9(19)14-15-10(16)20-3-7(17)18/h1-2H,3H2,(H,14,19)(H,17,18). The lowest BCUT2D eigenvalue weighted by molar-refractivity contribution is -0.133. The van der Waals surface area contributed by atoms with E-state index in [9.17, 15) is 22.8 Å². The number of aromatic amines is 1. The molecule has 0 bridgehead atoms. The van der Waals surface area contributed by atoms with Gasteiger partial charge < -0.3 is 5.11 Å². The maximum atomic E-state index is 13.1. The van der Waals surface area contributed by atoms with Crippen LogP contribution in [-0.2, 0) is 4.79 Å². The minimum atomic E-state index is -1.66. The van der Waals surface area contributed by atoms with Gasteiger partial charge in [-0.25, -0.2) is 27.6 Å². The van der Waals surface area contributed by atoms with Crippen LogP contribution < -0.4 is 5.69 Å². The van der Waals surface area contributed by atoms with Gasteiger partial charge in [-0.15, -0.1) is 5.10 Å². The molecule has 0 saturated heterocycles. The van der Waals surface area contributed by atoms with Gasteiger partial charge in [0.05, 0.1) is 11.4 Å². The Morgan fingerprint density at radius 2 is 1.95 bits per heavy atom. The monoisotopic (exact) mass is 305 g/mol. The zero-order valence-electron chi connectivity index (χ0n) is 9.56. The van der Waals surface area contributed by atoms with E-state index in [1.165, 1.54) is 0 Å². The lowest BCUT2D eigenvalue weighted by Gasteiger charge is -2.05. The molecule has 6 nitrogen and oxygen atoms in total. The second kappa shape index (κ2) is 5.41. The van der Waals surface area contributed by atoms with Crippen LogP contribution in [0.3, 0.4) is 0 Å². The Balaban J connectivity index is 2.50. The van der Waals surface area contributed by atoms with Gasteiger partial charge in [0.25, 0.3) is 0 Å². The van der Waals surface area contributed by atoms with E-state index in [0.29, 0.717) is 23.9 Å². The van der Waals surface area contributed by atoms with Crippen molar-refractivity contribution >= 4 is 17.7 Å². The van der Waals surface area contributed by atoms with Gasteiger partial charge >= 0.3 is 11.7 Å². The van der Waals surface area contributed by atoms with Gasteiger partial charge in [-0.2, -0.15) is 0 Å². The third-order valence-electron chi connectivity index (χ3n) is 2.19. The number of benzene rings is 1. The number of carboxylic acid groups (broad SMARTS) is 1. The van der Waals surface area contributed by atoms with Crippen molar-refractivity contribution < 1.29 is 23.1 Å². The van der Waals surface area contributed by atoms with E-state index < -0.39 is 34.9 Å². The van der Waals surface area contributed by atoms with E-state index >= 15 is 0 Å². The predicted molar refractivity (Wildman–Crippen MR) is 62.4 cm³/mol. The van der Waals surface area contributed by atoms with Gasteiger partial charge in [-0.3, -0.25) is 4.79 Å². The number of hydrogen-bond donors (Lipinski definition) is 2. The van der Waals surface area contributed by atoms with E-state index in [1.807, 2.05) is 5.10 Å². The molecular weight excluding hydrogens is 299 g/mol. The first kappa shape index (κ1) is 14.2. The molecule has 0 aliphatic heterocycles. The molecule has 20 heavy (non-hydrogen) atoms. The molecule has 1 aromatic carbocycles. The largest absolute Gasteiger partial charge is 0.481 e. The first-order valence-corrected chi connectivity index (χ1v) is 6.05. The molecule has 0 radical (unpaired) electrons. The average Bonchev–Trinajstić information content (AvgIpc) is 2.74. The zero-order valence-corrected chi connectivity index (χ0v) is 10.4. The summed E-state index contributed by atoms with van der Waals surface area (Å²) in [7, 11) is 0. The first-order chi connectivity index (χ1) is 9.40. The summed E-state index contributed by atoms with van der Waals surface area (Å²) in [6.07, 6.45) is 0. The number of carbonyl (C=O) groups is 1. The second-order valence-corrected chi connectivity index (χ2v) is 4.50. The molecule has 2 N–H and O–H groups in total. The molecule has 10 heteroatoms. The zero-order chi connectivity index (χ0) is 14.9. The van der Waals surface area contributed by atoms with Crippen LogP contribution in [0.2, 0.25) is 0 Å². The van der Waals surface area contributed by atoms with Crippen LogP contribution in [-0.4, -0.2) is 31.6 Å². The maximum absolute atomic E-state index is 13.1. The number of halogens is 3. The van der Waals surface area contributed by atoms with E-state index in [1.54, 1.807) is 0 Å². The van der Waals surface area contributed by atoms with Gasteiger partial charge in [-0.1, -0.05) is 11.8 Å². The minimum absolute atomic E-state index is 0.109.